The van der Waals surface area contributed by atoms with E-state index in [-0.39, 0.29) is 10.8 Å². The Morgan fingerprint density at radius 1 is 0.882 bits per heavy atom. The van der Waals surface area contributed by atoms with Crippen molar-refractivity contribution < 1.29 is 19.4 Å². The molecule has 1 aliphatic rings. The Hall–Kier alpha value is -2.93. The molecule has 184 valence electrons. The number of ketones is 1. The van der Waals surface area contributed by atoms with Crippen LogP contribution in [0, 0.1) is 0 Å². The first-order valence-corrected chi connectivity index (χ1v) is 11.8. The maximum atomic E-state index is 13.1. The third-order valence-electron chi connectivity index (χ3n) is 6.40. The maximum Gasteiger partial charge on any atom is 0.372 e. The molecule has 0 saturated carbocycles. The van der Waals surface area contributed by atoms with Crippen molar-refractivity contribution in [3.63, 3.8) is 0 Å². The zero-order valence-electron chi connectivity index (χ0n) is 21.4. The summed E-state index contributed by atoms with van der Waals surface area (Å²) < 4.78 is 6.47. The molecule has 0 radical (unpaired) electrons. The van der Waals surface area contributed by atoms with Gasteiger partial charge in [-0.15, -0.1) is 0 Å². The van der Waals surface area contributed by atoms with Crippen LogP contribution in [0.15, 0.2) is 42.7 Å². The maximum absolute atomic E-state index is 13.1. The van der Waals surface area contributed by atoms with Crippen LogP contribution in [0.25, 0.3) is 0 Å². The van der Waals surface area contributed by atoms with Crippen LogP contribution >= 0.6 is 0 Å². The van der Waals surface area contributed by atoms with E-state index in [4.69, 9.17) is 4.74 Å². The van der Waals surface area contributed by atoms with Gasteiger partial charge in [0.2, 0.25) is 5.78 Å². The van der Waals surface area contributed by atoms with Crippen LogP contribution < -0.4 is 9.64 Å². The molecule has 1 aliphatic heterocycles. The molecule has 0 amide bonds. The fourth-order valence-corrected chi connectivity index (χ4v) is 4.50. The van der Waals surface area contributed by atoms with Gasteiger partial charge in [-0.2, -0.15) is 0 Å². The van der Waals surface area contributed by atoms with Crippen molar-refractivity contribution in [1.82, 2.24) is 9.88 Å². The summed E-state index contributed by atoms with van der Waals surface area (Å²) in [7, 11) is 0. The minimum Gasteiger partial charge on any atom is -0.477 e. The van der Waals surface area contributed by atoms with E-state index in [9.17, 15) is 14.7 Å². The van der Waals surface area contributed by atoms with E-state index in [1.54, 1.807) is 17.3 Å². The van der Waals surface area contributed by atoms with Gasteiger partial charge in [0.15, 0.2) is 0 Å². The molecule has 7 heteroatoms. The second-order valence-electron chi connectivity index (χ2n) is 11.0. The minimum absolute atomic E-state index is 0.308. The normalized spacial score (nSPS) is 17.2. The van der Waals surface area contributed by atoms with Crippen molar-refractivity contribution in [2.24, 2.45) is 0 Å². The number of nitrogens with zero attached hydrogens (tertiary/aromatic N) is 3. The summed E-state index contributed by atoms with van der Waals surface area (Å²) in [6, 6.07) is 9.74. The standard InChI is InChI=1S/C27H37N3O4/c1-19(31)27(24(32)33,30-17-15-29(16-18-30)20-11-13-28-14-12-20)34-23-21(25(2,3)4)9-8-10-22(23)26(5,6)7/h8-14H,15-18H2,1-7H3,(H,32,33). The van der Waals surface area contributed by atoms with Crippen LogP contribution in [0.2, 0.25) is 0 Å². The molecule has 1 fully saturated rings. The average Bonchev–Trinajstić information content (AvgIpc) is 2.76. The zero-order valence-corrected chi connectivity index (χ0v) is 21.4. The quantitative estimate of drug-likeness (QED) is 0.636. The number of piperazine rings is 1. The van der Waals surface area contributed by atoms with Crippen LogP contribution in [-0.4, -0.2) is 58.6 Å². The first-order chi connectivity index (χ1) is 15.8. The van der Waals surface area contributed by atoms with Crippen molar-refractivity contribution in [3.05, 3.63) is 53.9 Å². The highest BCUT2D eigenvalue weighted by Gasteiger charge is 2.53. The van der Waals surface area contributed by atoms with Gasteiger partial charge in [-0.1, -0.05) is 59.7 Å². The van der Waals surface area contributed by atoms with Crippen LogP contribution in [-0.2, 0) is 20.4 Å². The molecule has 34 heavy (non-hydrogen) atoms. The summed E-state index contributed by atoms with van der Waals surface area (Å²) in [4.78, 5) is 33.8. The van der Waals surface area contributed by atoms with Crippen LogP contribution in [0.5, 0.6) is 5.75 Å². The van der Waals surface area contributed by atoms with Gasteiger partial charge in [-0.3, -0.25) is 9.78 Å². The molecule has 0 spiro atoms. The Labute approximate surface area is 202 Å². The van der Waals surface area contributed by atoms with E-state index in [0.29, 0.717) is 31.9 Å². The smallest absolute Gasteiger partial charge is 0.372 e. The Kier molecular flexibility index (Phi) is 7.08. The van der Waals surface area contributed by atoms with Crippen molar-refractivity contribution in [2.75, 3.05) is 31.1 Å². The first kappa shape index (κ1) is 25.7. The molecule has 0 aliphatic carbocycles. The van der Waals surface area contributed by atoms with Crippen molar-refractivity contribution in [2.45, 2.75) is 65.0 Å². The second-order valence-corrected chi connectivity index (χ2v) is 11.0. The number of Topliss-reactive ketones (excluding diaryl/α,β-unsaturated/α-hetero) is 1. The summed E-state index contributed by atoms with van der Waals surface area (Å²) in [5.74, 6) is -1.35. The van der Waals surface area contributed by atoms with Gasteiger partial charge >= 0.3 is 11.7 Å². The number of carbonyl (C=O) groups is 2. The number of carboxylic acids is 1. The number of carbonyl (C=O) groups excluding carboxylic acids is 1. The largest absolute Gasteiger partial charge is 0.477 e. The van der Waals surface area contributed by atoms with Gasteiger partial charge in [0.25, 0.3) is 0 Å². The number of rotatable bonds is 6. The topological polar surface area (TPSA) is 83.0 Å². The predicted octanol–water partition coefficient (Wildman–Crippen LogP) is 4.25. The first-order valence-electron chi connectivity index (χ1n) is 11.8. The molecule has 1 aromatic carbocycles. The third kappa shape index (κ3) is 4.94. The fraction of sp³-hybridized carbons (Fsp3) is 0.519. The van der Waals surface area contributed by atoms with Crippen LogP contribution in [0.4, 0.5) is 5.69 Å². The number of hydrogen-bond acceptors (Lipinski definition) is 6. The van der Waals surface area contributed by atoms with E-state index in [1.165, 1.54) is 6.92 Å². The van der Waals surface area contributed by atoms with Crippen molar-refractivity contribution >= 4 is 17.4 Å². The molecule has 1 N–H and O–H groups in total. The van der Waals surface area contributed by atoms with Gasteiger partial charge < -0.3 is 14.7 Å². The summed E-state index contributed by atoms with van der Waals surface area (Å²) in [5, 5.41) is 10.5. The highest BCUT2D eigenvalue weighted by atomic mass is 16.6. The second kappa shape index (κ2) is 9.37. The summed E-state index contributed by atoms with van der Waals surface area (Å²) in [6.07, 6.45) is 3.47. The van der Waals surface area contributed by atoms with Gasteiger partial charge in [0.05, 0.1) is 0 Å². The molecular formula is C27H37N3O4. The summed E-state index contributed by atoms with van der Waals surface area (Å²) in [6.45, 7) is 15.6. The zero-order chi connectivity index (χ0) is 25.3. The highest BCUT2D eigenvalue weighted by Crippen LogP contribution is 2.42. The fourth-order valence-electron chi connectivity index (χ4n) is 4.50. The lowest BCUT2D eigenvalue weighted by Gasteiger charge is -2.45. The molecule has 1 atom stereocenters. The number of hydrogen-bond donors (Lipinski definition) is 1. The van der Waals surface area contributed by atoms with E-state index in [1.807, 2.05) is 30.3 Å². The number of anilines is 1. The van der Waals surface area contributed by atoms with Gasteiger partial charge in [0.1, 0.15) is 5.75 Å². The molecule has 3 rings (SSSR count). The Bertz CT molecular complexity index is 984. The Morgan fingerprint density at radius 3 is 1.79 bits per heavy atom. The number of aliphatic carboxylic acids is 1. The number of ether oxygens (including phenoxy) is 1. The lowest BCUT2D eigenvalue weighted by atomic mass is 9.79. The molecule has 0 bridgehead atoms. The third-order valence-corrected chi connectivity index (χ3v) is 6.40. The number of para-hydroxylation sites is 1. The van der Waals surface area contributed by atoms with E-state index < -0.39 is 17.5 Å². The van der Waals surface area contributed by atoms with Crippen molar-refractivity contribution in [1.29, 1.82) is 0 Å². The summed E-state index contributed by atoms with van der Waals surface area (Å²) >= 11 is 0. The van der Waals surface area contributed by atoms with Gasteiger partial charge in [-0.25, -0.2) is 9.69 Å². The minimum atomic E-state index is -2.11. The monoisotopic (exact) mass is 467 g/mol. The highest BCUT2D eigenvalue weighted by molar-refractivity contribution is 6.05. The predicted molar refractivity (Wildman–Crippen MR) is 134 cm³/mol. The van der Waals surface area contributed by atoms with Crippen LogP contribution in [0.1, 0.15) is 59.6 Å². The molecule has 1 unspecified atom stereocenters. The molecule has 1 saturated heterocycles. The number of aromatic nitrogens is 1. The average molecular weight is 468 g/mol. The van der Waals surface area contributed by atoms with E-state index in [2.05, 4.69) is 51.4 Å². The molecular weight excluding hydrogens is 430 g/mol. The molecule has 1 aromatic heterocycles. The lowest BCUT2D eigenvalue weighted by molar-refractivity contribution is -0.181. The Balaban J connectivity index is 2.06. The summed E-state index contributed by atoms with van der Waals surface area (Å²) in [5.41, 5.74) is 0.0537. The Morgan fingerprint density at radius 2 is 1.38 bits per heavy atom. The SMILES string of the molecule is CC(=O)C(Oc1c(C(C)(C)C)cccc1C(C)(C)C)(C(=O)O)N1CCN(c2ccncc2)CC1. The molecule has 2 aromatic rings. The van der Waals surface area contributed by atoms with Gasteiger partial charge in [-0.05, 0) is 34.1 Å². The van der Waals surface area contributed by atoms with Crippen LogP contribution in [0.3, 0.4) is 0 Å². The number of pyridine rings is 1. The lowest BCUT2D eigenvalue weighted by Crippen LogP contribution is -2.67. The number of carboxylic acid groups (broad SMARTS) is 1. The van der Waals surface area contributed by atoms with Crippen molar-refractivity contribution in [3.8, 4) is 5.75 Å². The molecule has 2 heterocycles. The molecule has 7 nitrogen and oxygen atoms in total. The van der Waals surface area contributed by atoms with Gasteiger partial charge in [0, 0.05) is 51.2 Å². The van der Waals surface area contributed by atoms with E-state index in [0.717, 1.165) is 16.8 Å². The van der Waals surface area contributed by atoms with E-state index >= 15 is 0 Å². The number of benzene rings is 1.